The molecule has 1 N–H and O–H groups in total. The molecule has 106 valence electrons. The normalized spacial score (nSPS) is 33.7. The Bertz CT molecular complexity index is 235. The van der Waals surface area contributed by atoms with Gasteiger partial charge in [-0.3, -0.25) is 4.90 Å². The van der Waals surface area contributed by atoms with Gasteiger partial charge in [-0.25, -0.2) is 0 Å². The van der Waals surface area contributed by atoms with Gasteiger partial charge < -0.3 is 5.32 Å². The fraction of sp³-hybridized carbons (Fsp3) is 1.00. The molecule has 0 radical (unpaired) electrons. The SMILES string of the molecule is CCCC1CCC(NCC)C(N(C)C2CCC2)C1. The number of likely N-dealkylation sites (N-methyl/N-ethyl adjacent to an activating group) is 2. The van der Waals surface area contributed by atoms with E-state index in [0.717, 1.165) is 30.6 Å². The number of hydrogen-bond acceptors (Lipinski definition) is 2. The van der Waals surface area contributed by atoms with Crippen molar-refractivity contribution in [2.75, 3.05) is 13.6 Å². The highest BCUT2D eigenvalue weighted by atomic mass is 15.2. The highest BCUT2D eigenvalue weighted by molar-refractivity contribution is 4.93. The minimum absolute atomic E-state index is 0.744. The second kappa shape index (κ2) is 6.91. The summed E-state index contributed by atoms with van der Waals surface area (Å²) in [5.74, 6) is 0.984. The van der Waals surface area contributed by atoms with Crippen LogP contribution in [0.15, 0.2) is 0 Å². The summed E-state index contributed by atoms with van der Waals surface area (Å²) >= 11 is 0. The Morgan fingerprint density at radius 3 is 2.44 bits per heavy atom. The van der Waals surface area contributed by atoms with Crippen molar-refractivity contribution in [1.82, 2.24) is 10.2 Å². The lowest BCUT2D eigenvalue weighted by Crippen LogP contribution is -2.56. The number of nitrogens with zero attached hydrogens (tertiary/aromatic N) is 1. The van der Waals surface area contributed by atoms with Gasteiger partial charge in [0, 0.05) is 18.1 Å². The average Bonchev–Trinajstić information content (AvgIpc) is 2.29. The maximum absolute atomic E-state index is 3.74. The minimum Gasteiger partial charge on any atom is -0.313 e. The molecule has 2 aliphatic carbocycles. The Kier molecular flexibility index (Phi) is 5.50. The predicted molar refractivity (Wildman–Crippen MR) is 78.9 cm³/mol. The van der Waals surface area contributed by atoms with Gasteiger partial charge >= 0.3 is 0 Å². The topological polar surface area (TPSA) is 15.3 Å². The van der Waals surface area contributed by atoms with Crippen LogP contribution >= 0.6 is 0 Å². The summed E-state index contributed by atoms with van der Waals surface area (Å²) in [5.41, 5.74) is 0. The van der Waals surface area contributed by atoms with Gasteiger partial charge in [-0.2, -0.15) is 0 Å². The van der Waals surface area contributed by atoms with Crippen LogP contribution in [0.3, 0.4) is 0 Å². The molecule has 2 fully saturated rings. The van der Waals surface area contributed by atoms with Crippen LogP contribution in [0.5, 0.6) is 0 Å². The second-order valence-corrected chi connectivity index (χ2v) is 6.45. The minimum atomic E-state index is 0.744. The standard InChI is InChI=1S/C16H32N2/c1-4-7-13-10-11-15(17-5-2)16(12-13)18(3)14-8-6-9-14/h13-17H,4-12H2,1-3H3. The lowest BCUT2D eigenvalue weighted by molar-refractivity contribution is 0.0496. The molecule has 3 atom stereocenters. The Labute approximate surface area is 114 Å². The van der Waals surface area contributed by atoms with E-state index in [2.05, 4.69) is 31.1 Å². The van der Waals surface area contributed by atoms with E-state index in [1.54, 1.807) is 0 Å². The van der Waals surface area contributed by atoms with E-state index in [1.165, 1.54) is 51.4 Å². The highest BCUT2D eigenvalue weighted by Gasteiger charge is 2.36. The zero-order valence-corrected chi connectivity index (χ0v) is 12.6. The first-order valence-electron chi connectivity index (χ1n) is 8.21. The molecule has 2 heteroatoms. The fourth-order valence-electron chi connectivity index (χ4n) is 3.92. The molecule has 2 nitrogen and oxygen atoms in total. The number of rotatable bonds is 6. The maximum atomic E-state index is 3.74. The largest absolute Gasteiger partial charge is 0.313 e. The van der Waals surface area contributed by atoms with Crippen molar-refractivity contribution >= 4 is 0 Å². The van der Waals surface area contributed by atoms with Gasteiger partial charge in [-0.15, -0.1) is 0 Å². The number of nitrogens with one attached hydrogen (secondary N) is 1. The van der Waals surface area contributed by atoms with E-state index < -0.39 is 0 Å². The Morgan fingerprint density at radius 1 is 1.11 bits per heavy atom. The summed E-state index contributed by atoms with van der Waals surface area (Å²) in [5, 5.41) is 3.74. The van der Waals surface area contributed by atoms with Crippen molar-refractivity contribution in [3.63, 3.8) is 0 Å². The summed E-state index contributed by atoms with van der Waals surface area (Å²) in [6.45, 7) is 5.71. The summed E-state index contributed by atoms with van der Waals surface area (Å²) in [6.07, 6.45) is 11.4. The predicted octanol–water partition coefficient (Wildman–Crippen LogP) is 3.42. The third kappa shape index (κ3) is 3.27. The van der Waals surface area contributed by atoms with Crippen molar-refractivity contribution in [3.05, 3.63) is 0 Å². The molecule has 0 amide bonds. The van der Waals surface area contributed by atoms with Crippen molar-refractivity contribution in [3.8, 4) is 0 Å². The third-order valence-corrected chi connectivity index (χ3v) is 5.26. The molecule has 3 unspecified atom stereocenters. The van der Waals surface area contributed by atoms with Gasteiger partial charge in [0.25, 0.3) is 0 Å². The molecule has 0 aromatic heterocycles. The van der Waals surface area contributed by atoms with Gasteiger partial charge in [0.1, 0.15) is 0 Å². The van der Waals surface area contributed by atoms with Crippen molar-refractivity contribution < 1.29 is 0 Å². The van der Waals surface area contributed by atoms with Crippen LogP contribution in [0.25, 0.3) is 0 Å². The Balaban J connectivity index is 1.94. The van der Waals surface area contributed by atoms with E-state index in [4.69, 9.17) is 0 Å². The van der Waals surface area contributed by atoms with Gasteiger partial charge in [0.05, 0.1) is 0 Å². The van der Waals surface area contributed by atoms with E-state index in [0.29, 0.717) is 0 Å². The van der Waals surface area contributed by atoms with Crippen LogP contribution in [0, 0.1) is 5.92 Å². The Hall–Kier alpha value is -0.0800. The third-order valence-electron chi connectivity index (χ3n) is 5.26. The molecule has 0 heterocycles. The zero-order chi connectivity index (χ0) is 13.0. The van der Waals surface area contributed by atoms with Crippen LogP contribution in [-0.2, 0) is 0 Å². The first-order chi connectivity index (χ1) is 8.76. The molecule has 0 bridgehead atoms. The molecule has 0 aromatic carbocycles. The average molecular weight is 252 g/mol. The molecule has 18 heavy (non-hydrogen) atoms. The molecule has 2 aliphatic rings. The number of hydrogen-bond donors (Lipinski definition) is 1. The molecule has 2 rings (SSSR count). The van der Waals surface area contributed by atoms with Crippen molar-refractivity contribution in [2.24, 2.45) is 5.92 Å². The lowest BCUT2D eigenvalue weighted by atomic mass is 9.78. The first-order valence-corrected chi connectivity index (χ1v) is 8.21. The van der Waals surface area contributed by atoms with E-state index >= 15 is 0 Å². The quantitative estimate of drug-likeness (QED) is 0.779. The molecule has 0 spiro atoms. The first kappa shape index (κ1) is 14.3. The van der Waals surface area contributed by atoms with Gasteiger partial charge in [0.2, 0.25) is 0 Å². The summed E-state index contributed by atoms with van der Waals surface area (Å²) in [4.78, 5) is 2.72. The van der Waals surface area contributed by atoms with Gasteiger partial charge in [0.15, 0.2) is 0 Å². The van der Waals surface area contributed by atoms with Crippen LogP contribution in [0.2, 0.25) is 0 Å². The Morgan fingerprint density at radius 2 is 1.89 bits per heavy atom. The van der Waals surface area contributed by atoms with E-state index in [1.807, 2.05) is 0 Å². The van der Waals surface area contributed by atoms with Crippen LogP contribution in [0.4, 0.5) is 0 Å². The van der Waals surface area contributed by atoms with Gasteiger partial charge in [-0.1, -0.05) is 33.1 Å². The van der Waals surface area contributed by atoms with Crippen LogP contribution in [0.1, 0.15) is 65.2 Å². The maximum Gasteiger partial charge on any atom is 0.0251 e. The van der Waals surface area contributed by atoms with E-state index in [-0.39, 0.29) is 0 Å². The summed E-state index contributed by atoms with van der Waals surface area (Å²) < 4.78 is 0. The lowest BCUT2D eigenvalue weighted by Gasteiger charge is -2.47. The summed E-state index contributed by atoms with van der Waals surface area (Å²) in [6, 6.07) is 2.42. The molecule has 0 aromatic rings. The van der Waals surface area contributed by atoms with Crippen molar-refractivity contribution in [2.45, 2.75) is 83.3 Å². The second-order valence-electron chi connectivity index (χ2n) is 6.45. The van der Waals surface area contributed by atoms with E-state index in [9.17, 15) is 0 Å². The smallest absolute Gasteiger partial charge is 0.0251 e. The molecular formula is C16H32N2. The molecular weight excluding hydrogens is 220 g/mol. The molecule has 0 aliphatic heterocycles. The zero-order valence-electron chi connectivity index (χ0n) is 12.6. The highest BCUT2D eigenvalue weighted by Crippen LogP contribution is 2.34. The van der Waals surface area contributed by atoms with Crippen LogP contribution < -0.4 is 5.32 Å². The van der Waals surface area contributed by atoms with Gasteiger partial charge in [-0.05, 0) is 51.6 Å². The van der Waals surface area contributed by atoms with Crippen LogP contribution in [-0.4, -0.2) is 36.6 Å². The molecule has 2 saturated carbocycles. The summed E-state index contributed by atoms with van der Waals surface area (Å²) in [7, 11) is 2.38. The molecule has 0 saturated heterocycles. The van der Waals surface area contributed by atoms with Crippen molar-refractivity contribution in [1.29, 1.82) is 0 Å². The fourth-order valence-corrected chi connectivity index (χ4v) is 3.92. The monoisotopic (exact) mass is 252 g/mol.